The second-order valence-electron chi connectivity index (χ2n) is 24.4. The number of hydrogen-bond donors (Lipinski definition) is 0. The molecule has 0 saturated carbocycles. The van der Waals surface area contributed by atoms with Crippen molar-refractivity contribution < 1.29 is 61.0 Å². The molecule has 0 aliphatic carbocycles. The Kier molecular flexibility index (Phi) is 14.6. The third kappa shape index (κ3) is 9.96. The number of ether oxygens (including phenoxy) is 2. The fraction of sp³-hybridized carbons (Fsp3) is 0.0361. The molecule has 4 aliphatic heterocycles. The van der Waals surface area contributed by atoms with Crippen LogP contribution in [0, 0.1) is 0 Å². The van der Waals surface area contributed by atoms with Gasteiger partial charge in [-0.2, -0.15) is 13.2 Å². The number of para-hydroxylation sites is 2. The molecule has 482 valence electrons. The molecule has 1 unspecified atom stereocenters. The van der Waals surface area contributed by atoms with Gasteiger partial charge in [0, 0.05) is 11.1 Å². The molecule has 0 saturated heterocycles. The van der Waals surface area contributed by atoms with Gasteiger partial charge in [-0.1, -0.05) is 158 Å². The molecule has 0 radical (unpaired) electrons. The monoisotopic (exact) mass is 1320 g/mol. The zero-order valence-electron chi connectivity index (χ0n) is 52.6. The van der Waals surface area contributed by atoms with Gasteiger partial charge in [0.1, 0.15) is 28.4 Å². The van der Waals surface area contributed by atoms with E-state index in [1.807, 2.05) is 84.9 Å². The lowest BCUT2D eigenvalue weighted by molar-refractivity contribution is -0.173. The number of alkyl halides is 3. The number of imide groups is 4. The number of halogens is 3. The summed E-state index contributed by atoms with van der Waals surface area (Å²) in [6.45, 7) is 1.07. The maximum absolute atomic E-state index is 15.4. The summed E-state index contributed by atoms with van der Waals surface area (Å²) in [4.78, 5) is 117. The summed E-state index contributed by atoms with van der Waals surface area (Å²) in [5.41, 5.74) is 4.52. The van der Waals surface area contributed by atoms with Crippen molar-refractivity contribution in [1.82, 2.24) is 0 Å². The summed E-state index contributed by atoms with van der Waals surface area (Å²) < 4.78 is 58.2. The van der Waals surface area contributed by atoms with E-state index in [9.17, 15) is 38.4 Å². The summed E-state index contributed by atoms with van der Waals surface area (Å²) in [5, 5.41) is 0. The third-order valence-corrected chi connectivity index (χ3v) is 18.8. The van der Waals surface area contributed by atoms with Crippen LogP contribution in [-0.4, -0.2) is 53.4 Å². The van der Waals surface area contributed by atoms with E-state index in [1.165, 1.54) is 103 Å². The number of carbonyl (C=O) groups is 8. The highest BCUT2D eigenvalue weighted by Crippen LogP contribution is 2.49. The predicted molar refractivity (Wildman–Crippen MR) is 370 cm³/mol. The van der Waals surface area contributed by atoms with Crippen molar-refractivity contribution in [3.05, 3.63) is 335 Å². The number of fused-ring (bicyclic) bond motifs is 4. The van der Waals surface area contributed by atoms with E-state index in [1.54, 1.807) is 91.0 Å². The third-order valence-electron chi connectivity index (χ3n) is 18.8. The molecule has 8 amide bonds. The smallest absolute Gasteiger partial charge is 0.402 e. The normalized spacial score (nSPS) is 14.6. The molecule has 12 aromatic carbocycles. The highest BCUT2D eigenvalue weighted by Gasteiger charge is 2.54. The lowest BCUT2D eigenvalue weighted by Crippen LogP contribution is -2.40. The summed E-state index contributed by atoms with van der Waals surface area (Å²) in [7, 11) is 0. The molecule has 1 atom stereocenters. The molecule has 4 aliphatic rings. The zero-order chi connectivity index (χ0) is 68.9. The van der Waals surface area contributed by atoms with Crippen LogP contribution in [0.3, 0.4) is 0 Å². The van der Waals surface area contributed by atoms with Crippen LogP contribution in [-0.2, 0) is 5.41 Å². The van der Waals surface area contributed by atoms with Crippen molar-refractivity contribution >= 4 is 70.0 Å². The largest absolute Gasteiger partial charge is 0.457 e. The van der Waals surface area contributed by atoms with Crippen LogP contribution in [0.4, 0.5) is 35.9 Å². The molecule has 12 aromatic rings. The Morgan fingerprint density at radius 3 is 1.00 bits per heavy atom. The van der Waals surface area contributed by atoms with Gasteiger partial charge in [-0.05, 0) is 173 Å². The Bertz CT molecular complexity index is 5490. The average molecular weight is 1320 g/mol. The zero-order valence-corrected chi connectivity index (χ0v) is 52.6. The summed E-state index contributed by atoms with van der Waals surface area (Å²) in [6, 6.07) is 75.4. The number of benzene rings is 12. The van der Waals surface area contributed by atoms with Crippen LogP contribution < -0.4 is 29.1 Å². The van der Waals surface area contributed by atoms with Crippen LogP contribution in [0.5, 0.6) is 23.0 Å². The van der Waals surface area contributed by atoms with E-state index < -0.39 is 58.8 Å². The molecular weight excluding hydrogens is 1270 g/mol. The van der Waals surface area contributed by atoms with Gasteiger partial charge in [0.25, 0.3) is 47.3 Å². The summed E-state index contributed by atoms with van der Waals surface area (Å²) in [6.07, 6.45) is -4.78. The molecule has 0 bridgehead atoms. The fourth-order valence-electron chi connectivity index (χ4n) is 13.6. The van der Waals surface area contributed by atoms with E-state index in [-0.39, 0.29) is 90.0 Å². The van der Waals surface area contributed by atoms with Gasteiger partial charge in [-0.15, -0.1) is 0 Å². The van der Waals surface area contributed by atoms with Crippen LogP contribution in [0.1, 0.15) is 101 Å². The Labute approximate surface area is 568 Å². The van der Waals surface area contributed by atoms with Crippen LogP contribution in [0.15, 0.2) is 279 Å². The van der Waals surface area contributed by atoms with Gasteiger partial charge in [0.2, 0.25) is 0 Å². The number of rotatable bonds is 14. The van der Waals surface area contributed by atoms with Crippen molar-refractivity contribution in [3.63, 3.8) is 0 Å². The minimum Gasteiger partial charge on any atom is -0.457 e. The lowest BCUT2D eigenvalue weighted by Gasteiger charge is -2.33. The van der Waals surface area contributed by atoms with Crippen LogP contribution in [0.2, 0.25) is 0 Å². The number of anilines is 4. The van der Waals surface area contributed by atoms with Gasteiger partial charge in [-0.25, -0.2) is 19.6 Å². The second kappa shape index (κ2) is 23.7. The number of nitrogens with zero attached hydrogens (tertiary/aromatic N) is 4. The first-order valence-electron chi connectivity index (χ1n) is 31.7. The van der Waals surface area contributed by atoms with E-state index in [0.29, 0.717) is 44.8 Å². The first-order valence-corrected chi connectivity index (χ1v) is 31.7. The predicted octanol–water partition coefficient (Wildman–Crippen LogP) is 18.0. The van der Waals surface area contributed by atoms with Gasteiger partial charge >= 0.3 is 6.18 Å². The van der Waals surface area contributed by atoms with E-state index in [0.717, 1.165) is 37.7 Å². The van der Waals surface area contributed by atoms with E-state index in [2.05, 4.69) is 0 Å². The Morgan fingerprint density at radius 2 is 0.570 bits per heavy atom. The van der Waals surface area contributed by atoms with Crippen molar-refractivity contribution in [3.8, 4) is 67.5 Å². The van der Waals surface area contributed by atoms with Crippen LogP contribution in [0.25, 0.3) is 44.5 Å². The van der Waals surface area contributed by atoms with Crippen LogP contribution >= 0.6 is 0 Å². The molecule has 0 aromatic heterocycles. The minimum atomic E-state index is -4.78. The first kappa shape index (κ1) is 61.5. The SMILES string of the molecule is CC(c1ccc(Oc2ccc(N3C(=O)c4ccc(-c5cccc6c5C(=O)N(c5ccccc5-c5ccccc5)C6=O)cc4C3=O)cc2)cc1)(c1ccc(Oc2ccc(N3C(=O)c4cccc(-c5ccc6c(c5)C(=O)N(c5ccccc5-c5ccccc5)C6=O)c4C3=O)cc2)cc1)C(F)(F)F. The average Bonchev–Trinajstić information content (AvgIpc) is 1.63. The molecule has 16 rings (SSSR count). The molecular formula is C83H49F3N4O10. The Hall–Kier alpha value is -13.4. The van der Waals surface area contributed by atoms with Gasteiger partial charge in [-0.3, -0.25) is 38.4 Å². The first-order chi connectivity index (χ1) is 48.4. The van der Waals surface area contributed by atoms with Crippen molar-refractivity contribution in [2.24, 2.45) is 0 Å². The van der Waals surface area contributed by atoms with Gasteiger partial charge in [0.05, 0.1) is 67.3 Å². The standard InChI is InChI=1S/C83H49F3N4O10/c1-82(83(84,85)86,52-28-36-56(37-29-52)99-58-40-32-54(33-41-58)87-74(91)64-44-26-50(46-68(64)78(87)95)63-21-13-23-67-73(63)81(98)90(77(67)94)71-25-11-9-19-61(71)49-16-6-3-7-17-49)53-30-38-57(39-31-53)100-59-42-34-55(35-43-59)88-76(93)66-22-12-20-62(72(66)80(88)97)51-27-45-65-69(47-51)79(96)89(75(65)92)70-24-10-8-18-60(70)48-14-4-2-5-15-48/h2-47H,1H3. The minimum absolute atomic E-state index is 0.0869. The van der Waals surface area contributed by atoms with Crippen molar-refractivity contribution in [2.45, 2.75) is 18.5 Å². The van der Waals surface area contributed by atoms with Crippen molar-refractivity contribution in [1.29, 1.82) is 0 Å². The maximum Gasteiger partial charge on any atom is 0.402 e. The highest BCUT2D eigenvalue weighted by atomic mass is 19.4. The lowest BCUT2D eigenvalue weighted by atomic mass is 9.75. The Balaban J connectivity index is 0.570. The molecule has 17 heteroatoms. The summed E-state index contributed by atoms with van der Waals surface area (Å²) >= 11 is 0. The number of hydrogen-bond acceptors (Lipinski definition) is 10. The molecule has 4 heterocycles. The molecule has 0 fully saturated rings. The molecule has 0 spiro atoms. The van der Waals surface area contributed by atoms with Gasteiger partial charge in [0.15, 0.2) is 0 Å². The topological polar surface area (TPSA) is 168 Å². The second-order valence-corrected chi connectivity index (χ2v) is 24.4. The van der Waals surface area contributed by atoms with Gasteiger partial charge < -0.3 is 9.47 Å². The number of carbonyl (C=O) groups excluding carboxylic acids is 8. The van der Waals surface area contributed by atoms with Crippen molar-refractivity contribution in [2.75, 3.05) is 19.6 Å². The Morgan fingerprint density at radius 1 is 0.260 bits per heavy atom. The van der Waals surface area contributed by atoms with E-state index >= 15 is 13.2 Å². The molecule has 100 heavy (non-hydrogen) atoms. The summed E-state index contributed by atoms with van der Waals surface area (Å²) in [5.74, 6) is -3.53. The fourth-order valence-corrected chi connectivity index (χ4v) is 13.6. The highest BCUT2D eigenvalue weighted by molar-refractivity contribution is 6.39. The quantitative estimate of drug-likeness (QED) is 0.0956. The molecule has 14 nitrogen and oxygen atoms in total. The molecule has 0 N–H and O–H groups in total. The number of amides is 8. The maximum atomic E-state index is 15.4. The van der Waals surface area contributed by atoms with E-state index in [4.69, 9.17) is 9.47 Å².